The normalized spacial score (nSPS) is 18.9. The molecule has 0 bridgehead atoms. The monoisotopic (exact) mass is 291 g/mol. The van der Waals surface area contributed by atoms with Crippen LogP contribution < -0.4 is 10.1 Å². The molecule has 0 aliphatic carbocycles. The molecule has 116 valence electrons. The zero-order valence-corrected chi connectivity index (χ0v) is 13.1. The number of ether oxygens (including phenoxy) is 1. The van der Waals surface area contributed by atoms with Gasteiger partial charge in [0.1, 0.15) is 5.75 Å². The summed E-state index contributed by atoms with van der Waals surface area (Å²) in [5, 5.41) is 13.0. The number of carboxylic acid groups (broad SMARTS) is 1. The molecule has 0 aromatic heterocycles. The van der Waals surface area contributed by atoms with Gasteiger partial charge >= 0.3 is 5.97 Å². The van der Waals surface area contributed by atoms with E-state index in [4.69, 9.17) is 4.74 Å². The standard InChI is InChI=1S/C17H25NO3/c1-4-5-6-14(17(19)20)16-13-7-8-15(21-3)11(2)12(13)9-10-18-16/h7-8,14,16,18H,4-6,9-10H2,1-3H3,(H,19,20). The van der Waals surface area contributed by atoms with Gasteiger partial charge in [0.05, 0.1) is 13.0 Å². The van der Waals surface area contributed by atoms with Gasteiger partial charge in [-0.05, 0) is 49.1 Å². The van der Waals surface area contributed by atoms with Gasteiger partial charge in [0.25, 0.3) is 0 Å². The molecule has 4 nitrogen and oxygen atoms in total. The number of unbranched alkanes of at least 4 members (excludes halogenated alkanes) is 1. The Morgan fingerprint density at radius 1 is 1.52 bits per heavy atom. The average molecular weight is 291 g/mol. The van der Waals surface area contributed by atoms with Gasteiger partial charge in [0, 0.05) is 6.04 Å². The molecule has 1 aromatic rings. The van der Waals surface area contributed by atoms with Crippen molar-refractivity contribution < 1.29 is 14.6 Å². The molecule has 1 aliphatic heterocycles. The molecule has 0 spiro atoms. The maximum absolute atomic E-state index is 11.7. The zero-order valence-electron chi connectivity index (χ0n) is 13.1. The molecule has 2 unspecified atom stereocenters. The van der Waals surface area contributed by atoms with E-state index < -0.39 is 5.97 Å². The highest BCUT2D eigenvalue weighted by Crippen LogP contribution is 2.36. The molecule has 0 amide bonds. The molecule has 0 saturated heterocycles. The molecule has 2 N–H and O–H groups in total. The molecule has 21 heavy (non-hydrogen) atoms. The van der Waals surface area contributed by atoms with E-state index in [1.165, 1.54) is 5.56 Å². The van der Waals surface area contributed by atoms with Crippen LogP contribution in [0.25, 0.3) is 0 Å². The van der Waals surface area contributed by atoms with Crippen LogP contribution in [0.4, 0.5) is 0 Å². The SMILES string of the molecule is CCCCC(C(=O)O)C1NCCc2c1ccc(OC)c2C. The van der Waals surface area contributed by atoms with E-state index in [1.54, 1.807) is 7.11 Å². The first-order valence-electron chi connectivity index (χ1n) is 7.72. The summed E-state index contributed by atoms with van der Waals surface area (Å²) in [6, 6.07) is 3.88. The number of rotatable bonds is 6. The lowest BCUT2D eigenvalue weighted by atomic mass is 9.82. The molecular formula is C17H25NO3. The van der Waals surface area contributed by atoms with E-state index in [0.29, 0.717) is 6.42 Å². The van der Waals surface area contributed by atoms with Gasteiger partial charge in [-0.25, -0.2) is 0 Å². The number of carboxylic acids is 1. The van der Waals surface area contributed by atoms with Gasteiger partial charge in [-0.15, -0.1) is 0 Å². The second-order valence-corrected chi connectivity index (χ2v) is 5.73. The van der Waals surface area contributed by atoms with E-state index in [2.05, 4.69) is 19.2 Å². The summed E-state index contributed by atoms with van der Waals surface area (Å²) in [4.78, 5) is 11.7. The molecule has 4 heteroatoms. The highest BCUT2D eigenvalue weighted by Gasteiger charge is 2.33. The third kappa shape index (κ3) is 3.21. The largest absolute Gasteiger partial charge is 0.496 e. The Labute approximate surface area is 126 Å². The molecular weight excluding hydrogens is 266 g/mol. The molecule has 0 saturated carbocycles. The summed E-state index contributed by atoms with van der Waals surface area (Å²) in [6.07, 6.45) is 3.60. The first-order valence-corrected chi connectivity index (χ1v) is 7.72. The number of hydrogen-bond acceptors (Lipinski definition) is 3. The minimum Gasteiger partial charge on any atom is -0.496 e. The van der Waals surface area contributed by atoms with E-state index in [0.717, 1.165) is 42.7 Å². The summed E-state index contributed by atoms with van der Waals surface area (Å²) in [7, 11) is 1.68. The van der Waals surface area contributed by atoms with Gasteiger partial charge in [-0.2, -0.15) is 0 Å². The smallest absolute Gasteiger partial charge is 0.308 e. The van der Waals surface area contributed by atoms with Crippen LogP contribution >= 0.6 is 0 Å². The molecule has 0 radical (unpaired) electrons. The molecule has 2 atom stereocenters. The Morgan fingerprint density at radius 2 is 2.29 bits per heavy atom. The van der Waals surface area contributed by atoms with Crippen LogP contribution in [0.2, 0.25) is 0 Å². The Hall–Kier alpha value is -1.55. The number of nitrogens with one attached hydrogen (secondary N) is 1. The summed E-state index contributed by atoms with van der Waals surface area (Å²) in [5.41, 5.74) is 3.52. The summed E-state index contributed by atoms with van der Waals surface area (Å²) < 4.78 is 5.38. The van der Waals surface area contributed by atoms with E-state index in [9.17, 15) is 9.90 Å². The van der Waals surface area contributed by atoms with E-state index in [-0.39, 0.29) is 12.0 Å². The fourth-order valence-corrected chi connectivity index (χ4v) is 3.28. The fourth-order valence-electron chi connectivity index (χ4n) is 3.28. The maximum atomic E-state index is 11.7. The predicted octanol–water partition coefficient (Wildman–Crippen LogP) is 3.08. The Balaban J connectivity index is 2.36. The van der Waals surface area contributed by atoms with Crippen LogP contribution in [-0.2, 0) is 11.2 Å². The lowest BCUT2D eigenvalue weighted by Crippen LogP contribution is -2.38. The predicted molar refractivity (Wildman–Crippen MR) is 82.8 cm³/mol. The number of methoxy groups -OCH3 is 1. The topological polar surface area (TPSA) is 58.6 Å². The van der Waals surface area contributed by atoms with Crippen molar-refractivity contribution in [2.75, 3.05) is 13.7 Å². The number of hydrogen-bond donors (Lipinski definition) is 2. The van der Waals surface area contributed by atoms with Crippen LogP contribution in [0.5, 0.6) is 5.75 Å². The Bertz CT molecular complexity index is 513. The maximum Gasteiger partial charge on any atom is 0.308 e. The second-order valence-electron chi connectivity index (χ2n) is 5.73. The summed E-state index contributed by atoms with van der Waals surface area (Å²) >= 11 is 0. The van der Waals surface area contributed by atoms with Crippen LogP contribution in [0.1, 0.15) is 48.9 Å². The highest BCUT2D eigenvalue weighted by atomic mass is 16.5. The van der Waals surface area contributed by atoms with E-state index >= 15 is 0 Å². The third-order valence-corrected chi connectivity index (χ3v) is 4.47. The quantitative estimate of drug-likeness (QED) is 0.845. The van der Waals surface area contributed by atoms with Gasteiger partial charge in [-0.1, -0.05) is 25.8 Å². The number of carbonyl (C=O) groups is 1. The lowest BCUT2D eigenvalue weighted by molar-refractivity contribution is -0.143. The molecule has 1 aliphatic rings. The summed E-state index contributed by atoms with van der Waals surface area (Å²) in [5.74, 6) is -0.186. The van der Waals surface area contributed by atoms with Crippen molar-refractivity contribution in [2.45, 2.75) is 45.6 Å². The van der Waals surface area contributed by atoms with Crippen molar-refractivity contribution >= 4 is 5.97 Å². The second kappa shape index (κ2) is 6.94. The van der Waals surface area contributed by atoms with Crippen LogP contribution in [0, 0.1) is 12.8 Å². The average Bonchev–Trinajstić information content (AvgIpc) is 2.48. The Morgan fingerprint density at radius 3 is 2.90 bits per heavy atom. The van der Waals surface area contributed by atoms with Crippen molar-refractivity contribution in [3.8, 4) is 5.75 Å². The highest BCUT2D eigenvalue weighted by molar-refractivity contribution is 5.71. The van der Waals surface area contributed by atoms with Crippen molar-refractivity contribution in [3.05, 3.63) is 28.8 Å². The molecule has 2 rings (SSSR count). The minimum atomic E-state index is -0.706. The number of fused-ring (bicyclic) bond motifs is 1. The van der Waals surface area contributed by atoms with Gasteiger partial charge in [0.15, 0.2) is 0 Å². The number of aliphatic carboxylic acids is 1. The minimum absolute atomic E-state index is 0.0950. The first kappa shape index (κ1) is 15.8. The first-order chi connectivity index (χ1) is 10.1. The molecule has 1 aromatic carbocycles. The van der Waals surface area contributed by atoms with Crippen LogP contribution in [-0.4, -0.2) is 24.7 Å². The van der Waals surface area contributed by atoms with Crippen molar-refractivity contribution in [2.24, 2.45) is 5.92 Å². The van der Waals surface area contributed by atoms with Gasteiger partial charge in [-0.3, -0.25) is 4.79 Å². The van der Waals surface area contributed by atoms with Crippen LogP contribution in [0.15, 0.2) is 12.1 Å². The molecule has 0 fully saturated rings. The van der Waals surface area contributed by atoms with Crippen molar-refractivity contribution in [3.63, 3.8) is 0 Å². The van der Waals surface area contributed by atoms with Crippen molar-refractivity contribution in [1.82, 2.24) is 5.32 Å². The van der Waals surface area contributed by atoms with Gasteiger partial charge in [0.2, 0.25) is 0 Å². The van der Waals surface area contributed by atoms with Crippen LogP contribution in [0.3, 0.4) is 0 Å². The molecule has 1 heterocycles. The Kier molecular flexibility index (Phi) is 5.23. The number of benzene rings is 1. The lowest BCUT2D eigenvalue weighted by Gasteiger charge is -2.32. The summed E-state index contributed by atoms with van der Waals surface area (Å²) in [6.45, 7) is 4.97. The van der Waals surface area contributed by atoms with E-state index in [1.807, 2.05) is 12.1 Å². The zero-order chi connectivity index (χ0) is 15.4. The fraction of sp³-hybridized carbons (Fsp3) is 0.588. The van der Waals surface area contributed by atoms with Crippen molar-refractivity contribution in [1.29, 1.82) is 0 Å². The third-order valence-electron chi connectivity index (χ3n) is 4.47. The van der Waals surface area contributed by atoms with Gasteiger partial charge < -0.3 is 15.2 Å².